The topological polar surface area (TPSA) is 140 Å². The van der Waals surface area contributed by atoms with Crippen LogP contribution in [0, 0.1) is 5.92 Å². The van der Waals surface area contributed by atoms with Gasteiger partial charge >= 0.3 is 6.03 Å². The highest BCUT2D eigenvalue weighted by atomic mass is 32.2. The quantitative estimate of drug-likeness (QED) is 0.196. The number of aromatic nitrogens is 4. The molecule has 1 saturated heterocycles. The fourth-order valence-electron chi connectivity index (χ4n) is 5.14. The Morgan fingerprint density at radius 2 is 1.64 bits per heavy atom. The van der Waals surface area contributed by atoms with E-state index in [0.29, 0.717) is 17.3 Å². The predicted molar refractivity (Wildman–Crippen MR) is 169 cm³/mol. The lowest BCUT2D eigenvalue weighted by Crippen LogP contribution is -2.46. The summed E-state index contributed by atoms with van der Waals surface area (Å²) in [5.74, 6) is 0.550. The molecular formula is C33H38N6O5S. The maximum atomic E-state index is 12.6. The molecule has 236 valence electrons. The lowest BCUT2D eigenvalue weighted by Gasteiger charge is -2.41. The molecule has 0 spiro atoms. The van der Waals surface area contributed by atoms with Gasteiger partial charge < -0.3 is 25.2 Å². The molecule has 2 heterocycles. The number of benzene rings is 3. The minimum absolute atomic E-state index is 0.0219. The van der Waals surface area contributed by atoms with Gasteiger partial charge in [-0.2, -0.15) is 0 Å². The smallest absolute Gasteiger partial charge is 0.315 e. The molecule has 1 aliphatic heterocycles. The number of nitrogens with one attached hydrogen (secondary N) is 2. The fraction of sp³-hybridized carbons (Fsp3) is 0.364. The first kappa shape index (κ1) is 32.3. The number of carbonyl (C=O) groups excluding carboxylic acids is 2. The second-order valence-corrected chi connectivity index (χ2v) is 12.1. The molecule has 0 aliphatic carbocycles. The highest BCUT2D eigenvalue weighted by Gasteiger charge is 2.38. The van der Waals surface area contributed by atoms with Crippen LogP contribution in [0.3, 0.4) is 0 Å². The molecule has 45 heavy (non-hydrogen) atoms. The SMILES string of the molecule is CC(=O)C(Cc1ccccc1)NC(=O)NCc1ccc(C2OC(CSc3nnnn3C)C(C)C(c3ccc(CO)cc3)O2)cc1. The normalized spacial score (nSPS) is 20.4. The molecule has 5 atom stereocenters. The molecule has 12 heteroatoms. The minimum atomic E-state index is -0.619. The third-order valence-electron chi connectivity index (χ3n) is 7.87. The summed E-state index contributed by atoms with van der Waals surface area (Å²) in [6, 6.07) is 24.1. The number of hydrogen-bond donors (Lipinski definition) is 3. The maximum absolute atomic E-state index is 12.6. The van der Waals surface area contributed by atoms with Crippen molar-refractivity contribution in [2.45, 2.75) is 63.1 Å². The third kappa shape index (κ3) is 8.54. The van der Waals surface area contributed by atoms with E-state index < -0.39 is 18.4 Å². The molecule has 5 rings (SSSR count). The summed E-state index contributed by atoms with van der Waals surface area (Å²) in [7, 11) is 1.80. The summed E-state index contributed by atoms with van der Waals surface area (Å²) in [4.78, 5) is 24.8. The lowest BCUT2D eigenvalue weighted by atomic mass is 9.91. The van der Waals surface area contributed by atoms with Crippen LogP contribution < -0.4 is 10.6 Å². The van der Waals surface area contributed by atoms with Gasteiger partial charge in [0.05, 0.1) is 24.9 Å². The van der Waals surface area contributed by atoms with E-state index in [1.165, 1.54) is 18.7 Å². The van der Waals surface area contributed by atoms with Crippen molar-refractivity contribution in [3.8, 4) is 0 Å². The standard InChI is InChI=1S/C33H38N6O5S/c1-21-29(20-45-33-36-37-38-39(33)3)43-31(44-30(21)26-13-11-25(19-40)12-14-26)27-15-9-24(10-16-27)18-34-32(42)35-28(22(2)41)17-23-7-5-4-6-8-23/h4-16,21,28-31,40H,17-20H2,1-3H3,(H2,34,35,42). The number of amides is 2. The Hall–Kier alpha value is -4.10. The Morgan fingerprint density at radius 1 is 0.956 bits per heavy atom. The highest BCUT2D eigenvalue weighted by Crippen LogP contribution is 2.42. The summed E-state index contributed by atoms with van der Waals surface area (Å²) < 4.78 is 14.7. The van der Waals surface area contributed by atoms with Crippen molar-refractivity contribution in [1.82, 2.24) is 30.8 Å². The monoisotopic (exact) mass is 630 g/mol. The van der Waals surface area contributed by atoms with Gasteiger partial charge in [0, 0.05) is 30.8 Å². The molecule has 1 aromatic heterocycles. The van der Waals surface area contributed by atoms with Gasteiger partial charge in [-0.1, -0.05) is 97.5 Å². The number of ether oxygens (including phenoxy) is 2. The molecule has 3 aromatic carbocycles. The van der Waals surface area contributed by atoms with E-state index >= 15 is 0 Å². The fourth-order valence-corrected chi connectivity index (χ4v) is 6.15. The largest absolute Gasteiger partial charge is 0.392 e. The van der Waals surface area contributed by atoms with Crippen LogP contribution in [0.1, 0.15) is 54.1 Å². The van der Waals surface area contributed by atoms with Crippen LogP contribution in [0.4, 0.5) is 4.79 Å². The van der Waals surface area contributed by atoms with Crippen LogP contribution in [0.25, 0.3) is 0 Å². The van der Waals surface area contributed by atoms with Crippen LogP contribution in [0.15, 0.2) is 84.0 Å². The number of carbonyl (C=O) groups is 2. The first-order chi connectivity index (χ1) is 21.8. The zero-order valence-electron chi connectivity index (χ0n) is 25.5. The first-order valence-electron chi connectivity index (χ1n) is 14.8. The van der Waals surface area contributed by atoms with Crippen LogP contribution in [0.2, 0.25) is 0 Å². The van der Waals surface area contributed by atoms with Gasteiger partial charge in [0.15, 0.2) is 12.1 Å². The average Bonchev–Trinajstić information content (AvgIpc) is 3.48. The molecule has 3 N–H and O–H groups in total. The minimum Gasteiger partial charge on any atom is -0.392 e. The number of tetrazole rings is 1. The molecular weight excluding hydrogens is 592 g/mol. The van der Waals surface area contributed by atoms with Crippen molar-refractivity contribution in [2.75, 3.05) is 5.75 Å². The van der Waals surface area contributed by atoms with Gasteiger partial charge in [0.2, 0.25) is 5.16 Å². The van der Waals surface area contributed by atoms with Gasteiger partial charge in [-0.3, -0.25) is 4.79 Å². The van der Waals surface area contributed by atoms with Crippen LogP contribution in [-0.4, -0.2) is 55.0 Å². The molecule has 0 radical (unpaired) electrons. The van der Waals surface area contributed by atoms with E-state index in [-0.39, 0.29) is 37.1 Å². The Labute approximate surface area is 266 Å². The number of thioether (sulfide) groups is 1. The number of aliphatic hydroxyl groups is 1. The number of aryl methyl sites for hydroxylation is 1. The number of hydrogen-bond acceptors (Lipinski definition) is 9. The van der Waals surface area contributed by atoms with E-state index in [1.807, 2.05) is 78.9 Å². The number of rotatable bonds is 12. The average molecular weight is 631 g/mol. The lowest BCUT2D eigenvalue weighted by molar-refractivity contribution is -0.268. The van der Waals surface area contributed by atoms with Crippen molar-refractivity contribution in [1.29, 1.82) is 0 Å². The van der Waals surface area contributed by atoms with Gasteiger partial charge in [0.25, 0.3) is 0 Å². The molecule has 5 unspecified atom stereocenters. The van der Waals surface area contributed by atoms with Gasteiger partial charge in [-0.05, 0) is 46.0 Å². The second-order valence-electron chi connectivity index (χ2n) is 11.1. The first-order valence-corrected chi connectivity index (χ1v) is 15.8. The number of urea groups is 1. The molecule has 0 saturated carbocycles. The second kappa shape index (κ2) is 15.3. The Kier molecular flexibility index (Phi) is 11.0. The predicted octanol–water partition coefficient (Wildman–Crippen LogP) is 4.29. The third-order valence-corrected chi connectivity index (χ3v) is 8.96. The van der Waals surface area contributed by atoms with Crippen molar-refractivity contribution in [2.24, 2.45) is 13.0 Å². The molecule has 1 aliphatic rings. The van der Waals surface area contributed by atoms with Crippen molar-refractivity contribution in [3.05, 3.63) is 107 Å². The van der Waals surface area contributed by atoms with Gasteiger partial charge in [0.1, 0.15) is 0 Å². The summed E-state index contributed by atoms with van der Waals surface area (Å²) in [5.41, 5.74) is 4.56. The molecule has 11 nitrogen and oxygen atoms in total. The van der Waals surface area contributed by atoms with Gasteiger partial charge in [-0.25, -0.2) is 9.48 Å². The van der Waals surface area contributed by atoms with Crippen molar-refractivity contribution in [3.63, 3.8) is 0 Å². The number of aliphatic hydroxyl groups excluding tert-OH is 1. The molecule has 1 fully saturated rings. The highest BCUT2D eigenvalue weighted by molar-refractivity contribution is 7.99. The van der Waals surface area contributed by atoms with E-state index in [9.17, 15) is 14.7 Å². The summed E-state index contributed by atoms with van der Waals surface area (Å²) >= 11 is 1.53. The number of nitrogens with zero attached hydrogens (tertiary/aromatic N) is 4. The zero-order chi connectivity index (χ0) is 31.8. The number of ketones is 1. The van der Waals surface area contributed by atoms with E-state index in [1.54, 1.807) is 11.7 Å². The zero-order valence-corrected chi connectivity index (χ0v) is 26.3. The van der Waals surface area contributed by atoms with Crippen molar-refractivity contribution >= 4 is 23.6 Å². The Morgan fingerprint density at radius 3 is 2.29 bits per heavy atom. The molecule has 2 amide bonds. The summed E-state index contributed by atoms with van der Waals surface area (Å²) in [6.45, 7) is 3.85. The van der Waals surface area contributed by atoms with E-state index in [4.69, 9.17) is 9.47 Å². The van der Waals surface area contributed by atoms with E-state index in [2.05, 4.69) is 33.1 Å². The number of Topliss-reactive ketones (excluding diaryl/α,β-unsaturated/α-hetero) is 1. The van der Waals surface area contributed by atoms with Crippen LogP contribution in [-0.2, 0) is 40.9 Å². The Balaban J connectivity index is 1.23. The van der Waals surface area contributed by atoms with Crippen molar-refractivity contribution < 1.29 is 24.2 Å². The molecule has 4 aromatic rings. The van der Waals surface area contributed by atoms with Crippen LogP contribution >= 0.6 is 11.8 Å². The van der Waals surface area contributed by atoms with E-state index in [0.717, 1.165) is 27.8 Å². The Bertz CT molecular complexity index is 1550. The van der Waals surface area contributed by atoms with Crippen LogP contribution in [0.5, 0.6) is 0 Å². The summed E-state index contributed by atoms with van der Waals surface area (Å²) in [5, 5.41) is 27.6. The summed E-state index contributed by atoms with van der Waals surface area (Å²) in [6.07, 6.45) is -0.593. The maximum Gasteiger partial charge on any atom is 0.315 e. The molecule has 0 bridgehead atoms. The van der Waals surface area contributed by atoms with Gasteiger partial charge in [-0.15, -0.1) is 5.10 Å².